The molecule has 0 aliphatic carbocycles. The van der Waals surface area contributed by atoms with Crippen LogP contribution in [0.2, 0.25) is 0 Å². The van der Waals surface area contributed by atoms with Crippen molar-refractivity contribution in [2.75, 3.05) is 31.1 Å². The van der Waals surface area contributed by atoms with Gasteiger partial charge >= 0.3 is 0 Å². The molecule has 1 aliphatic rings. The van der Waals surface area contributed by atoms with Crippen LogP contribution in [-0.2, 0) is 11.3 Å². The minimum absolute atomic E-state index is 0.123. The van der Waals surface area contributed by atoms with Gasteiger partial charge in [-0.1, -0.05) is 18.2 Å². The minimum atomic E-state index is -0.249. The zero-order chi connectivity index (χ0) is 22.1. The van der Waals surface area contributed by atoms with Gasteiger partial charge in [-0.05, 0) is 48.0 Å². The second kappa shape index (κ2) is 8.42. The number of nitrogens with zero attached hydrogens (tertiary/aromatic N) is 5. The average molecular weight is 429 g/mol. The number of benzene rings is 2. The van der Waals surface area contributed by atoms with Crippen LogP contribution in [0.1, 0.15) is 12.5 Å². The first kappa shape index (κ1) is 20.2. The van der Waals surface area contributed by atoms with Crippen molar-refractivity contribution < 1.29 is 9.18 Å². The summed E-state index contributed by atoms with van der Waals surface area (Å²) >= 11 is 0. The lowest BCUT2D eigenvalue weighted by Crippen LogP contribution is -2.48. The summed E-state index contributed by atoms with van der Waals surface area (Å²) in [5.74, 6) is 0.655. The van der Waals surface area contributed by atoms with Crippen molar-refractivity contribution in [1.29, 1.82) is 0 Å². The molecular formula is C25H24FN5O. The van der Waals surface area contributed by atoms with E-state index in [2.05, 4.69) is 26.6 Å². The Kier molecular flexibility index (Phi) is 5.31. The van der Waals surface area contributed by atoms with Gasteiger partial charge in [0, 0.05) is 51.5 Å². The van der Waals surface area contributed by atoms with E-state index in [4.69, 9.17) is 4.98 Å². The highest BCUT2D eigenvalue weighted by Crippen LogP contribution is 2.29. The molecule has 0 radical (unpaired) electrons. The van der Waals surface area contributed by atoms with Crippen molar-refractivity contribution in [3.63, 3.8) is 0 Å². The van der Waals surface area contributed by atoms with Gasteiger partial charge in [-0.15, -0.1) is 0 Å². The Labute approximate surface area is 185 Å². The fourth-order valence-corrected chi connectivity index (χ4v) is 4.21. The summed E-state index contributed by atoms with van der Waals surface area (Å²) in [5.41, 5.74) is 4.78. The van der Waals surface area contributed by atoms with Gasteiger partial charge in [0.15, 0.2) is 5.82 Å². The summed E-state index contributed by atoms with van der Waals surface area (Å²) in [5, 5.41) is 0. The Bertz CT molecular complexity index is 1240. The number of hydrogen-bond acceptors (Lipinski definition) is 4. The second-order valence-corrected chi connectivity index (χ2v) is 8.03. The van der Waals surface area contributed by atoms with E-state index in [1.165, 1.54) is 12.1 Å². The van der Waals surface area contributed by atoms with Crippen molar-refractivity contribution in [1.82, 2.24) is 19.4 Å². The van der Waals surface area contributed by atoms with Crippen molar-refractivity contribution in [3.8, 4) is 11.5 Å². The predicted molar refractivity (Wildman–Crippen MR) is 123 cm³/mol. The number of pyridine rings is 1. The molecule has 2 aromatic carbocycles. The van der Waals surface area contributed by atoms with Crippen LogP contribution < -0.4 is 4.90 Å². The van der Waals surface area contributed by atoms with E-state index in [1.54, 1.807) is 25.3 Å². The summed E-state index contributed by atoms with van der Waals surface area (Å²) in [7, 11) is 0. The zero-order valence-corrected chi connectivity index (χ0v) is 17.9. The smallest absolute Gasteiger partial charge is 0.219 e. The van der Waals surface area contributed by atoms with E-state index in [0.717, 1.165) is 60.0 Å². The first-order valence-corrected chi connectivity index (χ1v) is 10.7. The molecule has 0 spiro atoms. The van der Waals surface area contributed by atoms with Gasteiger partial charge in [0.25, 0.3) is 0 Å². The molecule has 1 amide bonds. The number of carbonyl (C=O) groups is 1. The predicted octanol–water partition coefficient (Wildman–Crippen LogP) is 3.95. The third kappa shape index (κ3) is 3.93. The van der Waals surface area contributed by atoms with Crippen LogP contribution in [0.4, 0.5) is 10.1 Å². The molecule has 0 bridgehead atoms. The van der Waals surface area contributed by atoms with Crippen LogP contribution in [0.5, 0.6) is 0 Å². The van der Waals surface area contributed by atoms with Crippen LogP contribution in [0.15, 0.2) is 66.9 Å². The van der Waals surface area contributed by atoms with Crippen molar-refractivity contribution in [3.05, 3.63) is 78.2 Å². The van der Waals surface area contributed by atoms with Gasteiger partial charge < -0.3 is 14.4 Å². The number of anilines is 1. The number of imidazole rings is 1. The molecule has 1 aliphatic heterocycles. The lowest BCUT2D eigenvalue weighted by Gasteiger charge is -2.35. The monoisotopic (exact) mass is 429 g/mol. The highest BCUT2D eigenvalue weighted by atomic mass is 19.1. The molecule has 0 atom stereocenters. The van der Waals surface area contributed by atoms with Gasteiger partial charge in [-0.25, -0.2) is 9.37 Å². The molecule has 162 valence electrons. The van der Waals surface area contributed by atoms with Crippen molar-refractivity contribution in [2.45, 2.75) is 13.5 Å². The Morgan fingerprint density at radius 1 is 1.00 bits per heavy atom. The van der Waals surface area contributed by atoms with E-state index < -0.39 is 0 Å². The molecule has 1 saturated heterocycles. The average Bonchev–Trinajstić information content (AvgIpc) is 3.19. The van der Waals surface area contributed by atoms with Crippen LogP contribution in [0, 0.1) is 5.82 Å². The summed E-state index contributed by atoms with van der Waals surface area (Å²) < 4.78 is 15.6. The van der Waals surface area contributed by atoms with Gasteiger partial charge in [-0.2, -0.15) is 0 Å². The maximum atomic E-state index is 13.4. The Hall–Kier alpha value is -3.74. The summed E-state index contributed by atoms with van der Waals surface area (Å²) in [4.78, 5) is 25.2. The quantitative estimate of drug-likeness (QED) is 0.493. The molecule has 0 unspecified atom stereocenters. The highest BCUT2D eigenvalue weighted by molar-refractivity contribution is 5.84. The summed E-state index contributed by atoms with van der Waals surface area (Å²) in [6, 6.07) is 18.6. The molecule has 0 saturated carbocycles. The van der Waals surface area contributed by atoms with Gasteiger partial charge in [0.1, 0.15) is 11.5 Å². The van der Waals surface area contributed by atoms with Gasteiger partial charge in [0.2, 0.25) is 5.91 Å². The lowest BCUT2D eigenvalue weighted by atomic mass is 10.2. The number of piperazine rings is 1. The molecule has 4 aromatic rings. The number of amides is 1. The molecule has 5 rings (SSSR count). The number of hydrogen-bond donors (Lipinski definition) is 0. The topological polar surface area (TPSA) is 54.3 Å². The van der Waals surface area contributed by atoms with Crippen LogP contribution in [0.3, 0.4) is 0 Å². The summed E-state index contributed by atoms with van der Waals surface area (Å²) in [6.45, 7) is 5.22. The molecule has 1 fully saturated rings. The number of fused-ring (bicyclic) bond motifs is 1. The Morgan fingerprint density at radius 3 is 2.47 bits per heavy atom. The van der Waals surface area contributed by atoms with Gasteiger partial charge in [0.05, 0.1) is 11.0 Å². The maximum absolute atomic E-state index is 13.4. The number of aromatic nitrogens is 3. The number of carbonyl (C=O) groups excluding carboxylic acids is 1. The van der Waals surface area contributed by atoms with Crippen LogP contribution >= 0.6 is 0 Å². The first-order valence-electron chi connectivity index (χ1n) is 10.7. The highest BCUT2D eigenvalue weighted by Gasteiger charge is 2.20. The van der Waals surface area contributed by atoms with Gasteiger partial charge in [-0.3, -0.25) is 9.78 Å². The molecule has 0 N–H and O–H groups in total. The largest absolute Gasteiger partial charge is 0.368 e. The fourth-order valence-electron chi connectivity index (χ4n) is 4.21. The third-order valence-corrected chi connectivity index (χ3v) is 5.97. The molecule has 6 nitrogen and oxygen atoms in total. The number of rotatable bonds is 4. The van der Waals surface area contributed by atoms with Crippen LogP contribution in [0.25, 0.3) is 22.6 Å². The normalized spacial score (nSPS) is 14.2. The third-order valence-electron chi connectivity index (χ3n) is 5.97. The molecule has 7 heteroatoms. The Morgan fingerprint density at radius 2 is 1.78 bits per heavy atom. The van der Waals surface area contributed by atoms with E-state index in [1.807, 2.05) is 29.2 Å². The maximum Gasteiger partial charge on any atom is 0.219 e. The SMILES string of the molecule is CC(=O)N1CCN(c2ccc3nc(-c4ccccn4)n(Cc4ccc(F)cc4)c3c2)CC1. The number of halogens is 1. The van der Waals surface area contributed by atoms with E-state index in [-0.39, 0.29) is 11.7 Å². The lowest BCUT2D eigenvalue weighted by molar-refractivity contribution is -0.129. The van der Waals surface area contributed by atoms with Crippen molar-refractivity contribution in [2.24, 2.45) is 0 Å². The van der Waals surface area contributed by atoms with Crippen LogP contribution in [-0.4, -0.2) is 51.5 Å². The minimum Gasteiger partial charge on any atom is -0.368 e. The molecule has 2 aromatic heterocycles. The van der Waals surface area contributed by atoms with Crippen molar-refractivity contribution >= 4 is 22.6 Å². The zero-order valence-electron chi connectivity index (χ0n) is 17.9. The van der Waals surface area contributed by atoms with E-state index in [9.17, 15) is 9.18 Å². The van der Waals surface area contributed by atoms with E-state index in [0.29, 0.717) is 6.54 Å². The fraction of sp³-hybridized carbons (Fsp3) is 0.240. The standard InChI is InChI=1S/C25H24FN5O/c1-18(32)29-12-14-30(15-13-29)21-9-10-22-24(16-21)31(17-19-5-7-20(26)8-6-19)25(28-22)23-4-2-3-11-27-23/h2-11,16H,12-15,17H2,1H3. The molecule has 32 heavy (non-hydrogen) atoms. The molecule has 3 heterocycles. The second-order valence-electron chi connectivity index (χ2n) is 8.03. The molecular weight excluding hydrogens is 405 g/mol. The Balaban J connectivity index is 1.55. The summed E-state index contributed by atoms with van der Waals surface area (Å²) in [6.07, 6.45) is 1.76. The first-order chi connectivity index (χ1) is 15.6. The van der Waals surface area contributed by atoms with E-state index >= 15 is 0 Å².